The van der Waals surface area contributed by atoms with E-state index < -0.39 is 28.5 Å². The van der Waals surface area contributed by atoms with Gasteiger partial charge in [0, 0.05) is 45.7 Å². The number of hydrogen-bond acceptors (Lipinski definition) is 10. The Balaban J connectivity index is 1.28. The van der Waals surface area contributed by atoms with Crippen LogP contribution in [-0.2, 0) is 42.4 Å². The predicted octanol–water partition coefficient (Wildman–Crippen LogP) is 5.86. The van der Waals surface area contributed by atoms with Crippen LogP contribution in [-0.4, -0.2) is 80.6 Å². The van der Waals surface area contributed by atoms with E-state index in [9.17, 15) is 9.59 Å². The molecular weight excluding hydrogens is 657 g/mol. The Hall–Kier alpha value is -4.35. The summed E-state index contributed by atoms with van der Waals surface area (Å²) in [6.45, 7) is 5.46. The van der Waals surface area contributed by atoms with Gasteiger partial charge in [0.05, 0.1) is 56.3 Å². The minimum absolute atomic E-state index is 0.0511. The van der Waals surface area contributed by atoms with E-state index in [1.165, 1.54) is 11.8 Å². The molecule has 0 unspecified atom stereocenters. The molecule has 1 saturated heterocycles. The molecule has 7 rings (SSSR count). The topological polar surface area (TPSA) is 96.0 Å². The lowest BCUT2D eigenvalue weighted by Crippen LogP contribution is -2.62. The number of cyclic esters (lactones) is 1. The first-order valence-corrected chi connectivity index (χ1v) is 18.2. The van der Waals surface area contributed by atoms with Crippen LogP contribution in [0, 0.1) is 0 Å². The molecule has 50 heavy (non-hydrogen) atoms. The number of carbonyl (C=O) groups is 2. The molecule has 3 aromatic rings. The number of fused-ring (bicyclic) bond motifs is 2. The highest BCUT2D eigenvalue weighted by Gasteiger charge is 2.72. The number of amides is 1. The summed E-state index contributed by atoms with van der Waals surface area (Å²) in [6, 6.07) is 21.0. The van der Waals surface area contributed by atoms with Crippen LogP contribution >= 0.6 is 11.8 Å². The van der Waals surface area contributed by atoms with Gasteiger partial charge in [-0.1, -0.05) is 24.3 Å². The van der Waals surface area contributed by atoms with E-state index in [2.05, 4.69) is 17.0 Å². The third-order valence-electron chi connectivity index (χ3n) is 10.4. The molecule has 1 fully saturated rings. The van der Waals surface area contributed by atoms with Crippen molar-refractivity contribution in [1.29, 1.82) is 0 Å². The SMILES string of the molecule is COc1ccc(COCCCN2C(=O)[C@H](SC)[C@]34c5cc(OC)ccc5N(Cc5ccc(OC)cc5)[C@H]3C3=C(C[C@H]24)OC(C)(C)OC3=O)cc1. The third kappa shape index (κ3) is 5.64. The van der Waals surface area contributed by atoms with Crippen molar-refractivity contribution in [3.63, 3.8) is 0 Å². The molecule has 3 aromatic carbocycles. The van der Waals surface area contributed by atoms with E-state index in [1.54, 1.807) is 35.2 Å². The van der Waals surface area contributed by atoms with Gasteiger partial charge < -0.3 is 38.2 Å². The first-order chi connectivity index (χ1) is 24.1. The number of benzene rings is 3. The van der Waals surface area contributed by atoms with Gasteiger partial charge in [-0.25, -0.2) is 4.79 Å². The predicted molar refractivity (Wildman–Crippen MR) is 191 cm³/mol. The maximum atomic E-state index is 14.7. The Labute approximate surface area is 297 Å². The van der Waals surface area contributed by atoms with Gasteiger partial charge in [-0.3, -0.25) is 4.79 Å². The number of esters is 1. The molecule has 4 atom stereocenters. The fourth-order valence-corrected chi connectivity index (χ4v) is 9.46. The highest BCUT2D eigenvalue weighted by Crippen LogP contribution is 2.63. The second-order valence-electron chi connectivity index (χ2n) is 13.5. The van der Waals surface area contributed by atoms with Crippen LogP contribution < -0.4 is 19.1 Å². The van der Waals surface area contributed by atoms with Gasteiger partial charge in [-0.15, -0.1) is 0 Å². The quantitative estimate of drug-likeness (QED) is 0.169. The number of hydrogen-bond donors (Lipinski definition) is 0. The van der Waals surface area contributed by atoms with E-state index in [1.807, 2.05) is 65.8 Å². The van der Waals surface area contributed by atoms with Gasteiger partial charge in [-0.05, 0) is 71.8 Å². The molecule has 264 valence electrons. The van der Waals surface area contributed by atoms with Crippen molar-refractivity contribution >= 4 is 29.3 Å². The summed E-state index contributed by atoms with van der Waals surface area (Å²) in [5.41, 5.74) is 3.74. The summed E-state index contributed by atoms with van der Waals surface area (Å²) in [5, 5.41) is -0.471. The summed E-state index contributed by atoms with van der Waals surface area (Å²) in [7, 11) is 4.95. The van der Waals surface area contributed by atoms with Crippen molar-refractivity contribution in [2.24, 2.45) is 0 Å². The molecule has 3 aliphatic heterocycles. The standard InChI is InChI=1S/C39H44N2O8S/c1-38(2)48-31-21-32-39(35(50-6)36(42)40(32)18-7-19-47-23-25-10-14-27(45-4)15-11-25)29-20-28(46-5)16-17-30(29)41(34(39)33(31)37(43)49-38)22-24-8-12-26(44-3)13-9-24/h8-17,20,32,34-35H,7,18-19,21-23H2,1-6H3/t32-,34-,35-,39-/m0/s1. The second kappa shape index (κ2) is 13.4. The van der Waals surface area contributed by atoms with Gasteiger partial charge in [0.25, 0.3) is 0 Å². The van der Waals surface area contributed by atoms with E-state index in [4.69, 9.17) is 28.4 Å². The zero-order valence-electron chi connectivity index (χ0n) is 29.4. The number of nitrogens with zero attached hydrogens (tertiary/aromatic N) is 2. The van der Waals surface area contributed by atoms with Crippen molar-refractivity contribution < 1.29 is 38.0 Å². The molecular formula is C39H44N2O8S. The normalized spacial score (nSPS) is 24.6. The molecule has 0 saturated carbocycles. The Bertz CT molecular complexity index is 1790. The van der Waals surface area contributed by atoms with Crippen molar-refractivity contribution in [1.82, 2.24) is 4.90 Å². The van der Waals surface area contributed by atoms with Gasteiger partial charge in [0.1, 0.15) is 23.0 Å². The fourth-order valence-electron chi connectivity index (χ4n) is 8.32. The largest absolute Gasteiger partial charge is 0.497 e. The molecule has 1 spiro atoms. The number of likely N-dealkylation sites (tertiary alicyclic amines) is 1. The number of rotatable bonds is 12. The van der Waals surface area contributed by atoms with Crippen molar-refractivity contribution in [3.05, 3.63) is 94.8 Å². The van der Waals surface area contributed by atoms with Gasteiger partial charge in [0.2, 0.25) is 11.7 Å². The minimum atomic E-state index is -1.13. The van der Waals surface area contributed by atoms with Crippen LogP contribution in [0.3, 0.4) is 0 Å². The summed E-state index contributed by atoms with van der Waals surface area (Å²) in [4.78, 5) is 33.1. The lowest BCUT2D eigenvalue weighted by molar-refractivity contribution is -0.211. The average molecular weight is 701 g/mol. The first kappa shape index (κ1) is 34.1. The number of methoxy groups -OCH3 is 3. The molecule has 10 nitrogen and oxygen atoms in total. The monoisotopic (exact) mass is 700 g/mol. The molecule has 0 aromatic heterocycles. The van der Waals surface area contributed by atoms with E-state index in [0.717, 1.165) is 33.9 Å². The van der Waals surface area contributed by atoms with Crippen LogP contribution in [0.25, 0.3) is 0 Å². The molecule has 3 heterocycles. The van der Waals surface area contributed by atoms with E-state index in [-0.39, 0.29) is 11.9 Å². The molecule has 1 amide bonds. The lowest BCUT2D eigenvalue weighted by Gasteiger charge is -2.50. The first-order valence-electron chi connectivity index (χ1n) is 16.9. The van der Waals surface area contributed by atoms with Gasteiger partial charge >= 0.3 is 5.97 Å². The molecule has 0 radical (unpaired) electrons. The fraction of sp³-hybridized carbons (Fsp3) is 0.436. The zero-order valence-corrected chi connectivity index (χ0v) is 30.2. The van der Waals surface area contributed by atoms with E-state index in [0.29, 0.717) is 56.2 Å². The van der Waals surface area contributed by atoms with Crippen LogP contribution in [0.15, 0.2) is 78.1 Å². The van der Waals surface area contributed by atoms with Crippen LogP contribution in [0.1, 0.15) is 43.4 Å². The number of thioether (sulfide) groups is 1. The third-order valence-corrected chi connectivity index (χ3v) is 11.4. The number of carbonyl (C=O) groups excluding carboxylic acids is 2. The Morgan fingerprint density at radius 1 is 0.840 bits per heavy atom. The Morgan fingerprint density at radius 3 is 2.12 bits per heavy atom. The smallest absolute Gasteiger partial charge is 0.342 e. The van der Waals surface area contributed by atoms with Crippen molar-refractivity contribution in [2.75, 3.05) is 45.6 Å². The van der Waals surface area contributed by atoms with Crippen molar-refractivity contribution in [2.45, 2.75) is 68.4 Å². The molecule has 1 aliphatic carbocycles. The van der Waals surface area contributed by atoms with Gasteiger partial charge in [0.15, 0.2) is 0 Å². The maximum Gasteiger partial charge on any atom is 0.342 e. The Kier molecular flexibility index (Phi) is 9.15. The molecule has 4 aliphatic rings. The highest BCUT2D eigenvalue weighted by atomic mass is 32.2. The highest BCUT2D eigenvalue weighted by molar-refractivity contribution is 8.00. The van der Waals surface area contributed by atoms with Crippen molar-refractivity contribution in [3.8, 4) is 17.2 Å². The van der Waals surface area contributed by atoms with Crippen LogP contribution in [0.4, 0.5) is 5.69 Å². The maximum absolute atomic E-state index is 14.7. The zero-order chi connectivity index (χ0) is 35.2. The number of anilines is 1. The molecule has 0 N–H and O–H groups in total. The average Bonchev–Trinajstić information content (AvgIpc) is 3.52. The summed E-state index contributed by atoms with van der Waals surface area (Å²) < 4.78 is 34.9. The van der Waals surface area contributed by atoms with Crippen LogP contribution in [0.5, 0.6) is 17.2 Å². The van der Waals surface area contributed by atoms with E-state index >= 15 is 0 Å². The lowest BCUT2D eigenvalue weighted by atomic mass is 9.63. The summed E-state index contributed by atoms with van der Waals surface area (Å²) in [5.74, 6) is 1.36. The molecule has 0 bridgehead atoms. The summed E-state index contributed by atoms with van der Waals surface area (Å²) in [6.07, 6.45) is 3.04. The molecule has 11 heteroatoms. The Morgan fingerprint density at radius 2 is 1.48 bits per heavy atom. The van der Waals surface area contributed by atoms with Gasteiger partial charge in [-0.2, -0.15) is 11.8 Å². The summed E-state index contributed by atoms with van der Waals surface area (Å²) >= 11 is 1.54. The second-order valence-corrected chi connectivity index (χ2v) is 14.5. The van der Waals surface area contributed by atoms with Crippen LogP contribution in [0.2, 0.25) is 0 Å². The number of ether oxygens (including phenoxy) is 6. The minimum Gasteiger partial charge on any atom is -0.497 e.